The molecule has 0 aromatic heterocycles. The van der Waals surface area contributed by atoms with Crippen molar-refractivity contribution in [1.29, 1.82) is 0 Å². The fraction of sp³-hybridized carbons (Fsp3) is 0.400. The second-order valence-electron chi connectivity index (χ2n) is 7.55. The highest BCUT2D eigenvalue weighted by Gasteiger charge is 1.91. The predicted molar refractivity (Wildman–Crippen MR) is 164 cm³/mol. The minimum atomic E-state index is 0. The average molecular weight is 559 g/mol. The highest BCUT2D eigenvalue weighted by atomic mass is 32.2. The lowest BCUT2D eigenvalue weighted by Gasteiger charge is -1.98. The molecule has 6 heteroatoms. The molecule has 0 bridgehead atoms. The lowest BCUT2D eigenvalue weighted by atomic mass is 10.4. The molecule has 0 nitrogen and oxygen atoms in total. The van der Waals surface area contributed by atoms with Gasteiger partial charge in [-0.1, -0.05) is 94.6 Å². The molecule has 0 aliphatic rings. The molecule has 3 rings (SSSR count). The molecule has 36 heavy (non-hydrogen) atoms. The predicted octanol–water partition coefficient (Wildman–Crippen LogP) is 11.2. The fourth-order valence-electron chi connectivity index (χ4n) is 2.55. The van der Waals surface area contributed by atoms with Gasteiger partial charge in [-0.25, -0.2) is 0 Å². The first-order chi connectivity index (χ1) is 16.3. The monoisotopic (exact) mass is 558 g/mol. The number of rotatable bonds is 12. The number of benzene rings is 3. The van der Waals surface area contributed by atoms with Crippen LogP contribution in [0.5, 0.6) is 0 Å². The maximum Gasteiger partial charge on any atom is 0.00719 e. The van der Waals surface area contributed by atoms with Crippen LogP contribution in [0.3, 0.4) is 0 Å². The van der Waals surface area contributed by atoms with Crippen LogP contribution >= 0.6 is 35.3 Å². The summed E-state index contributed by atoms with van der Waals surface area (Å²) in [4.78, 5) is 4.17. The molecule has 0 radical (unpaired) electrons. The first kappa shape index (κ1) is 39.0. The first-order valence-corrected chi connectivity index (χ1v) is 15.3. The van der Waals surface area contributed by atoms with Crippen molar-refractivity contribution in [3.8, 4) is 0 Å². The molecule has 0 aliphatic carbocycles. The Kier molecular flexibility index (Phi) is 32.2. The summed E-state index contributed by atoms with van der Waals surface area (Å²) in [5, 5.41) is 0. The van der Waals surface area contributed by atoms with Gasteiger partial charge in [0.15, 0.2) is 0 Å². The summed E-state index contributed by atoms with van der Waals surface area (Å²) in [7, 11) is 0. The quantitative estimate of drug-likeness (QED) is 0.160. The molecular weight excluding hydrogens is 514 g/mol. The lowest BCUT2D eigenvalue weighted by molar-refractivity contribution is 0.896. The van der Waals surface area contributed by atoms with E-state index in [1.54, 1.807) is 0 Å². The summed E-state index contributed by atoms with van der Waals surface area (Å²) < 4.78 is 0. The second-order valence-corrected chi connectivity index (χ2v) is 11.1. The van der Waals surface area contributed by atoms with Crippen molar-refractivity contribution in [2.45, 2.75) is 74.0 Å². The van der Waals surface area contributed by atoms with Crippen molar-refractivity contribution in [1.82, 2.24) is 0 Å². The van der Waals surface area contributed by atoms with E-state index in [2.05, 4.69) is 112 Å². The Morgan fingerprint density at radius 3 is 0.806 bits per heavy atom. The van der Waals surface area contributed by atoms with E-state index < -0.39 is 0 Å². The van der Waals surface area contributed by atoms with Crippen LogP contribution in [0.2, 0.25) is 0 Å². The summed E-state index contributed by atoms with van der Waals surface area (Å²) in [5.41, 5.74) is 0. The molecule has 3 aromatic carbocycles. The third kappa shape index (κ3) is 22.9. The molecule has 0 aliphatic heterocycles. The zero-order valence-corrected chi connectivity index (χ0v) is 24.4. The molecule has 0 amide bonds. The number of thioether (sulfide) groups is 3. The summed E-state index contributed by atoms with van der Waals surface area (Å²) in [6.07, 6.45) is 7.83. The van der Waals surface area contributed by atoms with Crippen molar-refractivity contribution in [3.63, 3.8) is 0 Å². The van der Waals surface area contributed by atoms with E-state index in [0.29, 0.717) is 0 Å². The molecule has 0 heterocycles. The van der Waals surface area contributed by atoms with Crippen LogP contribution in [0.15, 0.2) is 106 Å². The van der Waals surface area contributed by atoms with Crippen LogP contribution < -0.4 is 0 Å². The van der Waals surface area contributed by atoms with Gasteiger partial charge in [0.05, 0.1) is 0 Å². The third-order valence-corrected chi connectivity index (χ3v) is 7.82. The van der Waals surface area contributed by atoms with E-state index in [-0.39, 0.29) is 14.1 Å². The Hall–Kier alpha value is -1.50. The van der Waals surface area contributed by atoms with Gasteiger partial charge in [0.25, 0.3) is 0 Å². The molecule has 0 unspecified atom stereocenters. The summed E-state index contributed by atoms with van der Waals surface area (Å²) in [6.45, 7) is 6.68. The summed E-state index contributed by atoms with van der Waals surface area (Å²) >= 11 is 5.83. The lowest BCUT2D eigenvalue weighted by Crippen LogP contribution is -1.76. The largest absolute Gasteiger partial charge is 0.269 e. The van der Waals surface area contributed by atoms with Gasteiger partial charge in [0.1, 0.15) is 0 Å². The van der Waals surface area contributed by atoms with E-state index in [1.807, 2.05) is 35.3 Å². The van der Waals surface area contributed by atoms with Gasteiger partial charge >= 0.3 is 0 Å². The van der Waals surface area contributed by atoms with E-state index >= 15 is 0 Å². The van der Waals surface area contributed by atoms with Gasteiger partial charge in [-0.2, -0.15) is 0 Å². The van der Waals surface area contributed by atoms with Crippen molar-refractivity contribution in [2.24, 2.45) is 0 Å². The van der Waals surface area contributed by atoms with Gasteiger partial charge in [-0.15, -0.1) is 35.3 Å². The van der Waals surface area contributed by atoms with E-state index in [9.17, 15) is 0 Å². The van der Waals surface area contributed by atoms with Gasteiger partial charge in [-0.3, -0.25) is 14.1 Å². The zero-order valence-electron chi connectivity index (χ0n) is 22.0. The van der Waals surface area contributed by atoms with Crippen molar-refractivity contribution < 1.29 is 14.1 Å². The number of hydrogen-bond acceptors (Lipinski definition) is 3. The van der Waals surface area contributed by atoms with Crippen LogP contribution in [-0.4, -0.2) is 17.3 Å². The Balaban J connectivity index is -0.000000436. The number of hydrogen-bond donors (Lipinski definition) is 0. The highest BCUT2D eigenvalue weighted by molar-refractivity contribution is 7.99. The molecule has 0 N–H and O–H groups in total. The number of halogens is 3. The van der Waals surface area contributed by atoms with Crippen molar-refractivity contribution in [2.75, 3.05) is 17.3 Å². The van der Waals surface area contributed by atoms with Crippen LogP contribution in [0.1, 0.15) is 59.3 Å². The topological polar surface area (TPSA) is 0 Å². The third-order valence-electron chi connectivity index (χ3n) is 4.53. The Morgan fingerprint density at radius 2 is 0.611 bits per heavy atom. The van der Waals surface area contributed by atoms with Crippen LogP contribution in [0.4, 0.5) is 14.1 Å². The molecule has 0 saturated heterocycles. The van der Waals surface area contributed by atoms with Crippen LogP contribution in [-0.2, 0) is 0 Å². The first-order valence-electron chi connectivity index (χ1n) is 12.3. The minimum Gasteiger partial charge on any atom is -0.269 e. The normalized spacial score (nSPS) is 9.08. The van der Waals surface area contributed by atoms with Gasteiger partial charge in [-0.05, 0) is 72.9 Å². The van der Waals surface area contributed by atoms with E-state index in [0.717, 1.165) is 0 Å². The van der Waals surface area contributed by atoms with Gasteiger partial charge in [0, 0.05) is 14.7 Å². The summed E-state index contributed by atoms with van der Waals surface area (Å²) in [5.74, 6) is 3.75. The molecule has 0 fully saturated rings. The molecule has 0 saturated carbocycles. The molecule has 204 valence electrons. The smallest absolute Gasteiger partial charge is 0.00719 e. The fourth-order valence-corrected chi connectivity index (χ4v) is 5.61. The van der Waals surface area contributed by atoms with Gasteiger partial charge < -0.3 is 0 Å². The van der Waals surface area contributed by atoms with Crippen LogP contribution in [0.25, 0.3) is 0 Å². The zero-order chi connectivity index (χ0) is 23.8. The van der Waals surface area contributed by atoms with Crippen LogP contribution in [0, 0.1) is 0 Å². The second kappa shape index (κ2) is 29.7. The minimum absolute atomic E-state index is 0. The van der Waals surface area contributed by atoms with Crippen molar-refractivity contribution >= 4 is 35.3 Å². The standard InChI is InChI=1S/3C10H14S.3FH/c3*1-2-3-9-11-10-7-5-4-6-8-10;;;/h3*4-8H,2-3,9H2,1H3;3*1H. The number of unbranched alkanes of at least 4 members (excludes halogenated alkanes) is 3. The Bertz CT molecular complexity index is 667. The maximum absolute atomic E-state index is 2.23. The SMILES string of the molecule is CCCCSc1ccccc1.CCCCSc1ccccc1.CCCCSc1ccccc1.F.F.F. The average Bonchev–Trinajstić information content (AvgIpc) is 2.87. The molecule has 0 spiro atoms. The Labute approximate surface area is 230 Å². The van der Waals surface area contributed by atoms with Gasteiger partial charge in [0.2, 0.25) is 0 Å². The molecule has 0 atom stereocenters. The molecule has 3 aromatic rings. The highest BCUT2D eigenvalue weighted by Crippen LogP contribution is 2.19. The van der Waals surface area contributed by atoms with E-state index in [1.165, 1.54) is 70.5 Å². The maximum atomic E-state index is 2.23. The van der Waals surface area contributed by atoms with Crippen molar-refractivity contribution in [3.05, 3.63) is 91.0 Å². The summed E-state index contributed by atoms with van der Waals surface area (Å²) in [6, 6.07) is 31.7. The van der Waals surface area contributed by atoms with E-state index in [4.69, 9.17) is 0 Å². The Morgan fingerprint density at radius 1 is 0.389 bits per heavy atom. The molecular formula is C30H45F3S3.